The molecule has 160 valence electrons. The largest absolute Gasteiger partial charge is 0.489 e. The number of Topliss-reactive ketones (excluding diaryl/α,β-unsaturated/α-hetero) is 1. The smallest absolute Gasteiger partial charge is 0.219 e. The zero-order chi connectivity index (χ0) is 22.2. The van der Waals surface area contributed by atoms with Crippen molar-refractivity contribution in [2.75, 3.05) is 5.73 Å². The number of hydrogen-bond donors (Lipinski definition) is 1. The van der Waals surface area contributed by atoms with E-state index in [-0.39, 0.29) is 11.7 Å². The van der Waals surface area contributed by atoms with Gasteiger partial charge in [-0.3, -0.25) is 9.78 Å². The van der Waals surface area contributed by atoms with Crippen LogP contribution in [0.4, 0.5) is 5.95 Å². The van der Waals surface area contributed by atoms with Crippen molar-refractivity contribution in [3.8, 4) is 16.9 Å². The molecule has 6 heteroatoms. The van der Waals surface area contributed by atoms with Crippen LogP contribution in [-0.2, 0) is 24.2 Å². The van der Waals surface area contributed by atoms with Crippen molar-refractivity contribution in [2.45, 2.75) is 25.9 Å². The molecule has 2 heterocycles. The molecule has 0 unspecified atom stereocenters. The summed E-state index contributed by atoms with van der Waals surface area (Å²) in [5.41, 5.74) is 10.6. The number of nitrogens with two attached hydrogens (primary N) is 1. The maximum Gasteiger partial charge on any atom is 0.219 e. The van der Waals surface area contributed by atoms with Crippen LogP contribution in [0.3, 0.4) is 0 Å². The van der Waals surface area contributed by atoms with Gasteiger partial charge in [0.2, 0.25) is 5.95 Å². The molecular formula is C26H24N4O2. The average molecular weight is 425 g/mol. The average Bonchev–Trinajstić information content (AvgIpc) is 2.84. The van der Waals surface area contributed by atoms with Gasteiger partial charge in [-0.2, -0.15) is 0 Å². The van der Waals surface area contributed by atoms with Gasteiger partial charge in [0.05, 0.1) is 0 Å². The summed E-state index contributed by atoms with van der Waals surface area (Å²) >= 11 is 0. The summed E-state index contributed by atoms with van der Waals surface area (Å²) in [5.74, 6) is 1.21. The Labute approximate surface area is 187 Å². The summed E-state index contributed by atoms with van der Waals surface area (Å²) in [6, 6.07) is 19.5. The zero-order valence-corrected chi connectivity index (χ0v) is 17.6. The van der Waals surface area contributed by atoms with Gasteiger partial charge < -0.3 is 10.5 Å². The standard InChI is InChI=1S/C26H24N4O2/c27-26-29-16-22(17-30-26)25-6-2-1-5-21(25)18-32-24-11-8-19(9-12-24)14-23(31)10-7-20-4-3-13-28-15-20/h1-6,8-9,11-13,15-17H,7,10,14,18H2,(H2,27,29,30). The molecule has 0 bridgehead atoms. The molecule has 0 fully saturated rings. The fourth-order valence-electron chi connectivity index (χ4n) is 3.42. The fraction of sp³-hybridized carbons (Fsp3) is 0.154. The predicted molar refractivity (Wildman–Crippen MR) is 124 cm³/mol. The molecule has 2 aromatic carbocycles. The minimum Gasteiger partial charge on any atom is -0.489 e. The number of rotatable bonds is 9. The summed E-state index contributed by atoms with van der Waals surface area (Å²) in [7, 11) is 0. The fourth-order valence-corrected chi connectivity index (χ4v) is 3.42. The van der Waals surface area contributed by atoms with E-state index in [1.165, 1.54) is 0 Å². The lowest BCUT2D eigenvalue weighted by Gasteiger charge is -2.11. The summed E-state index contributed by atoms with van der Waals surface area (Å²) in [6.07, 6.45) is 8.60. The van der Waals surface area contributed by atoms with E-state index >= 15 is 0 Å². The van der Waals surface area contributed by atoms with E-state index in [0.29, 0.717) is 25.9 Å². The first-order valence-electron chi connectivity index (χ1n) is 10.5. The van der Waals surface area contributed by atoms with Crippen molar-refractivity contribution in [1.82, 2.24) is 15.0 Å². The van der Waals surface area contributed by atoms with Crippen LogP contribution in [-0.4, -0.2) is 20.7 Å². The minimum absolute atomic E-state index is 0.210. The molecule has 0 radical (unpaired) electrons. The van der Waals surface area contributed by atoms with Gasteiger partial charge >= 0.3 is 0 Å². The SMILES string of the molecule is Nc1ncc(-c2ccccc2COc2ccc(CC(=O)CCc3cccnc3)cc2)cn1. The first kappa shape index (κ1) is 21.2. The highest BCUT2D eigenvalue weighted by Gasteiger charge is 2.08. The molecule has 2 N–H and O–H groups in total. The molecular weight excluding hydrogens is 400 g/mol. The topological polar surface area (TPSA) is 91.0 Å². The van der Waals surface area contributed by atoms with Crippen molar-refractivity contribution >= 4 is 11.7 Å². The number of hydrogen-bond acceptors (Lipinski definition) is 6. The first-order chi connectivity index (χ1) is 15.7. The quantitative estimate of drug-likeness (QED) is 0.427. The Hall–Kier alpha value is -4.06. The Kier molecular flexibility index (Phi) is 6.82. The van der Waals surface area contributed by atoms with Gasteiger partial charge in [0.15, 0.2) is 0 Å². The second-order valence-electron chi connectivity index (χ2n) is 7.50. The van der Waals surface area contributed by atoms with Gasteiger partial charge in [0.1, 0.15) is 18.1 Å². The molecule has 0 aliphatic rings. The number of ketones is 1. The number of carbonyl (C=O) groups excluding carboxylic acids is 1. The van der Waals surface area contributed by atoms with Crippen LogP contribution in [0.15, 0.2) is 85.5 Å². The summed E-state index contributed by atoms with van der Waals surface area (Å²) < 4.78 is 5.99. The van der Waals surface area contributed by atoms with Gasteiger partial charge in [-0.25, -0.2) is 9.97 Å². The molecule has 0 aliphatic heterocycles. The lowest BCUT2D eigenvalue weighted by atomic mass is 10.0. The Morgan fingerprint density at radius 2 is 1.66 bits per heavy atom. The predicted octanol–water partition coefficient (Wildman–Crippen LogP) is 4.44. The summed E-state index contributed by atoms with van der Waals surface area (Å²) in [5, 5.41) is 0. The number of nitrogen functional groups attached to an aromatic ring is 1. The van der Waals surface area contributed by atoms with Crippen molar-refractivity contribution in [1.29, 1.82) is 0 Å². The van der Waals surface area contributed by atoms with Gasteiger partial charge in [-0.05, 0) is 46.9 Å². The van der Waals surface area contributed by atoms with Crippen molar-refractivity contribution in [3.63, 3.8) is 0 Å². The molecule has 4 rings (SSSR count). The van der Waals surface area contributed by atoms with Crippen molar-refractivity contribution in [2.24, 2.45) is 0 Å². The van der Waals surface area contributed by atoms with Gasteiger partial charge in [-0.15, -0.1) is 0 Å². The number of pyridine rings is 1. The third-order valence-electron chi connectivity index (χ3n) is 5.13. The third kappa shape index (κ3) is 5.76. The highest BCUT2D eigenvalue weighted by Crippen LogP contribution is 2.24. The molecule has 32 heavy (non-hydrogen) atoms. The Balaban J connectivity index is 1.33. The minimum atomic E-state index is 0.210. The van der Waals surface area contributed by atoms with Crippen LogP contribution < -0.4 is 10.5 Å². The maximum atomic E-state index is 12.3. The number of aromatic nitrogens is 3. The summed E-state index contributed by atoms with van der Waals surface area (Å²) in [6.45, 7) is 0.407. The molecule has 0 saturated carbocycles. The second-order valence-corrected chi connectivity index (χ2v) is 7.50. The lowest BCUT2D eigenvalue weighted by molar-refractivity contribution is -0.118. The van der Waals surface area contributed by atoms with Crippen LogP contribution in [0, 0.1) is 0 Å². The van der Waals surface area contributed by atoms with E-state index in [2.05, 4.69) is 15.0 Å². The molecule has 6 nitrogen and oxygen atoms in total. The van der Waals surface area contributed by atoms with E-state index in [0.717, 1.165) is 33.6 Å². The molecule has 4 aromatic rings. The van der Waals surface area contributed by atoms with E-state index in [1.807, 2.05) is 60.7 Å². The Morgan fingerprint density at radius 3 is 2.41 bits per heavy atom. The first-order valence-corrected chi connectivity index (χ1v) is 10.5. The van der Waals surface area contributed by atoms with Crippen LogP contribution in [0.25, 0.3) is 11.1 Å². The highest BCUT2D eigenvalue weighted by atomic mass is 16.5. The lowest BCUT2D eigenvalue weighted by Crippen LogP contribution is -2.04. The number of anilines is 1. The normalized spacial score (nSPS) is 10.6. The number of benzene rings is 2. The molecule has 0 atom stereocenters. The van der Waals surface area contributed by atoms with Gasteiger partial charge in [0, 0.05) is 43.2 Å². The van der Waals surface area contributed by atoms with Crippen molar-refractivity contribution < 1.29 is 9.53 Å². The molecule has 0 amide bonds. The molecule has 2 aromatic heterocycles. The van der Waals surface area contributed by atoms with E-state index in [4.69, 9.17) is 10.5 Å². The van der Waals surface area contributed by atoms with Crippen molar-refractivity contribution in [3.05, 3.63) is 102 Å². The third-order valence-corrected chi connectivity index (χ3v) is 5.13. The molecule has 0 saturated heterocycles. The van der Waals surface area contributed by atoms with E-state index in [1.54, 1.807) is 24.8 Å². The van der Waals surface area contributed by atoms with E-state index in [9.17, 15) is 4.79 Å². The number of carbonyl (C=O) groups is 1. The molecule has 0 aliphatic carbocycles. The number of aryl methyl sites for hydroxylation is 1. The van der Waals surface area contributed by atoms with E-state index < -0.39 is 0 Å². The monoisotopic (exact) mass is 424 g/mol. The second kappa shape index (κ2) is 10.3. The Morgan fingerprint density at radius 1 is 0.875 bits per heavy atom. The summed E-state index contributed by atoms with van der Waals surface area (Å²) in [4.78, 5) is 24.5. The Bertz CT molecular complexity index is 1160. The van der Waals surface area contributed by atoms with Crippen LogP contribution in [0.1, 0.15) is 23.1 Å². The zero-order valence-electron chi connectivity index (χ0n) is 17.6. The van der Waals surface area contributed by atoms with Gasteiger partial charge in [0.25, 0.3) is 0 Å². The van der Waals surface area contributed by atoms with Gasteiger partial charge in [-0.1, -0.05) is 42.5 Å². The number of nitrogens with zero attached hydrogens (tertiary/aromatic N) is 3. The maximum absolute atomic E-state index is 12.3. The highest BCUT2D eigenvalue weighted by molar-refractivity contribution is 5.81. The van der Waals surface area contributed by atoms with Crippen LogP contribution in [0.5, 0.6) is 5.75 Å². The molecule has 0 spiro atoms. The van der Waals surface area contributed by atoms with Crippen LogP contribution >= 0.6 is 0 Å². The van der Waals surface area contributed by atoms with Crippen LogP contribution in [0.2, 0.25) is 0 Å². The number of ether oxygens (including phenoxy) is 1.